The molecule has 1 aliphatic rings. The molecule has 0 radical (unpaired) electrons. The largest absolute Gasteiger partial charge is 0.465 e. The van der Waals surface area contributed by atoms with Gasteiger partial charge in [0.15, 0.2) is 0 Å². The lowest BCUT2D eigenvalue weighted by molar-refractivity contribution is 0.0359. The van der Waals surface area contributed by atoms with Crippen LogP contribution in [0.1, 0.15) is 38.4 Å². The zero-order valence-electron chi connectivity index (χ0n) is 10.9. The van der Waals surface area contributed by atoms with E-state index in [-0.39, 0.29) is 0 Å². The van der Waals surface area contributed by atoms with Gasteiger partial charge in [-0.3, -0.25) is 9.88 Å². The molecule has 1 unspecified atom stereocenters. The van der Waals surface area contributed by atoms with Crippen LogP contribution in [-0.2, 0) is 0 Å². The Bertz CT molecular complexity index is 493. The lowest BCUT2D eigenvalue weighted by atomic mass is 10.0. The van der Waals surface area contributed by atoms with Gasteiger partial charge in [0.1, 0.15) is 11.9 Å². The summed E-state index contributed by atoms with van der Waals surface area (Å²) >= 11 is 0. The monoisotopic (exact) mass is 268 g/mol. The van der Waals surface area contributed by atoms with E-state index in [1.807, 2.05) is 13.8 Å². The van der Waals surface area contributed by atoms with Crippen molar-refractivity contribution in [1.29, 1.82) is 0 Å². The molecule has 1 fully saturated rings. The Kier molecular flexibility index (Phi) is 3.45. The molecule has 2 rings (SSSR count). The summed E-state index contributed by atoms with van der Waals surface area (Å²) in [7, 11) is 0. The summed E-state index contributed by atoms with van der Waals surface area (Å²) in [4.78, 5) is 16.3. The third-order valence-electron chi connectivity index (χ3n) is 3.67. The second-order valence-electron chi connectivity index (χ2n) is 5.45. The molecule has 0 bridgehead atoms. The molecule has 2 atom stereocenters. The maximum absolute atomic E-state index is 13.1. The van der Waals surface area contributed by atoms with Gasteiger partial charge in [-0.2, -0.15) is 0 Å². The maximum atomic E-state index is 13.1. The fourth-order valence-electron chi connectivity index (χ4n) is 2.71. The van der Waals surface area contributed by atoms with Crippen LogP contribution in [-0.4, -0.2) is 37.8 Å². The summed E-state index contributed by atoms with van der Waals surface area (Å²) < 4.78 is 13.1. The van der Waals surface area contributed by atoms with Gasteiger partial charge in [-0.15, -0.1) is 0 Å². The van der Waals surface area contributed by atoms with Crippen LogP contribution in [0, 0.1) is 5.82 Å². The molecule has 2 N–H and O–H groups in total. The van der Waals surface area contributed by atoms with Crippen LogP contribution in [0.2, 0.25) is 0 Å². The first kappa shape index (κ1) is 13.7. The number of aliphatic hydroxyl groups is 1. The first-order chi connectivity index (χ1) is 8.83. The molecule has 0 spiro atoms. The number of hydrogen-bond acceptors (Lipinski definition) is 3. The van der Waals surface area contributed by atoms with Gasteiger partial charge in [-0.25, -0.2) is 9.18 Å². The summed E-state index contributed by atoms with van der Waals surface area (Å²) in [6.07, 6.45) is 1.46. The average molecular weight is 268 g/mol. The second-order valence-corrected chi connectivity index (χ2v) is 5.45. The molecule has 2 heterocycles. The molecule has 104 valence electrons. The highest BCUT2D eigenvalue weighted by Crippen LogP contribution is 2.39. The maximum Gasteiger partial charge on any atom is 0.408 e. The number of aromatic nitrogens is 1. The van der Waals surface area contributed by atoms with E-state index < -0.39 is 29.6 Å². The van der Waals surface area contributed by atoms with Gasteiger partial charge < -0.3 is 10.2 Å². The first-order valence-electron chi connectivity index (χ1n) is 6.14. The number of amides is 1. The molecule has 19 heavy (non-hydrogen) atoms. The van der Waals surface area contributed by atoms with Crippen molar-refractivity contribution in [2.75, 3.05) is 0 Å². The van der Waals surface area contributed by atoms with Crippen LogP contribution in [0.15, 0.2) is 18.5 Å². The predicted molar refractivity (Wildman–Crippen MR) is 66.1 cm³/mol. The van der Waals surface area contributed by atoms with Gasteiger partial charge in [0.25, 0.3) is 0 Å². The summed E-state index contributed by atoms with van der Waals surface area (Å²) in [6, 6.07) is 0.610. The molecular formula is C13H17FN2O3. The van der Waals surface area contributed by atoms with Gasteiger partial charge in [0, 0.05) is 17.3 Å². The fraction of sp³-hybridized carbons (Fsp3) is 0.538. The zero-order chi connectivity index (χ0) is 14.2. The highest BCUT2D eigenvalue weighted by molar-refractivity contribution is 5.67. The van der Waals surface area contributed by atoms with Gasteiger partial charge in [-0.05, 0) is 32.8 Å². The summed E-state index contributed by atoms with van der Waals surface area (Å²) in [6.45, 7) is 3.63. The lowest BCUT2D eigenvalue weighted by Gasteiger charge is -2.35. The molecule has 0 saturated carbocycles. The van der Waals surface area contributed by atoms with E-state index in [2.05, 4.69) is 4.98 Å². The van der Waals surface area contributed by atoms with Gasteiger partial charge >= 0.3 is 6.09 Å². The van der Waals surface area contributed by atoms with Crippen molar-refractivity contribution in [3.8, 4) is 0 Å². The Balaban J connectivity index is 2.28. The van der Waals surface area contributed by atoms with Crippen molar-refractivity contribution in [2.24, 2.45) is 0 Å². The number of nitrogens with zero attached hydrogens (tertiary/aromatic N) is 2. The fourth-order valence-corrected chi connectivity index (χ4v) is 2.71. The zero-order valence-corrected chi connectivity index (χ0v) is 10.9. The number of likely N-dealkylation sites (tertiary alicyclic amines) is 1. The minimum absolute atomic E-state index is 0.300. The number of hydrogen-bond donors (Lipinski definition) is 2. The van der Waals surface area contributed by atoms with Gasteiger partial charge in [0.05, 0.1) is 12.2 Å². The predicted octanol–water partition coefficient (Wildman–Crippen LogP) is 2.18. The molecule has 1 saturated heterocycles. The van der Waals surface area contributed by atoms with Crippen molar-refractivity contribution < 1.29 is 19.4 Å². The highest BCUT2D eigenvalue weighted by atomic mass is 19.1. The van der Waals surface area contributed by atoms with E-state index in [1.165, 1.54) is 17.2 Å². The Hall–Kier alpha value is -1.69. The Morgan fingerprint density at radius 3 is 2.84 bits per heavy atom. The van der Waals surface area contributed by atoms with E-state index in [0.717, 1.165) is 6.20 Å². The standard InChI is InChI=1S/C13H17FN2O3/c1-13(2)4-3-10(16(13)12(18)19)11(17)8-5-9(14)7-15-6-8/h5-7,10-11,17H,3-4H2,1-2H3,(H,18,19)/t10?,11-/m0/s1. The van der Waals surface area contributed by atoms with E-state index in [4.69, 9.17) is 0 Å². The van der Waals surface area contributed by atoms with Gasteiger partial charge in [-0.1, -0.05) is 0 Å². The Labute approximate surface area is 110 Å². The smallest absolute Gasteiger partial charge is 0.408 e. The number of rotatable bonds is 2. The number of aliphatic hydroxyl groups excluding tert-OH is 1. The van der Waals surface area contributed by atoms with Crippen LogP contribution in [0.5, 0.6) is 0 Å². The molecule has 6 heteroatoms. The van der Waals surface area contributed by atoms with Gasteiger partial charge in [0.2, 0.25) is 0 Å². The Morgan fingerprint density at radius 2 is 2.26 bits per heavy atom. The third kappa shape index (κ3) is 2.53. The first-order valence-corrected chi connectivity index (χ1v) is 6.14. The number of pyridine rings is 1. The summed E-state index contributed by atoms with van der Waals surface area (Å²) in [5.41, 5.74) is -0.230. The second kappa shape index (κ2) is 4.77. The molecule has 5 nitrogen and oxygen atoms in total. The van der Waals surface area contributed by atoms with Crippen molar-refractivity contribution in [2.45, 2.75) is 44.4 Å². The van der Waals surface area contributed by atoms with Crippen LogP contribution >= 0.6 is 0 Å². The summed E-state index contributed by atoms with van der Waals surface area (Å²) in [5, 5.41) is 19.6. The molecule has 0 aliphatic carbocycles. The van der Waals surface area contributed by atoms with Crippen molar-refractivity contribution in [3.63, 3.8) is 0 Å². The summed E-state index contributed by atoms with van der Waals surface area (Å²) in [5.74, 6) is -0.546. The van der Waals surface area contributed by atoms with E-state index >= 15 is 0 Å². The average Bonchev–Trinajstić information content (AvgIpc) is 2.64. The minimum Gasteiger partial charge on any atom is -0.465 e. The Morgan fingerprint density at radius 1 is 1.58 bits per heavy atom. The number of carboxylic acid groups (broad SMARTS) is 1. The lowest BCUT2D eigenvalue weighted by Crippen LogP contribution is -2.48. The quantitative estimate of drug-likeness (QED) is 0.862. The van der Waals surface area contributed by atoms with Crippen molar-refractivity contribution >= 4 is 6.09 Å². The molecule has 1 aromatic heterocycles. The van der Waals surface area contributed by atoms with Crippen LogP contribution < -0.4 is 0 Å². The SMILES string of the molecule is CC1(C)CCC([C@@H](O)c2cncc(F)c2)N1C(=O)O. The molecule has 1 aromatic rings. The van der Waals surface area contributed by atoms with Crippen LogP contribution in [0.3, 0.4) is 0 Å². The van der Waals surface area contributed by atoms with Crippen molar-refractivity contribution in [3.05, 3.63) is 29.8 Å². The highest BCUT2D eigenvalue weighted by Gasteiger charge is 2.45. The topological polar surface area (TPSA) is 73.7 Å². The molecule has 0 aromatic carbocycles. The number of halogens is 1. The van der Waals surface area contributed by atoms with E-state index in [1.54, 1.807) is 0 Å². The molecule has 1 amide bonds. The van der Waals surface area contributed by atoms with Crippen LogP contribution in [0.25, 0.3) is 0 Å². The van der Waals surface area contributed by atoms with Crippen molar-refractivity contribution in [1.82, 2.24) is 9.88 Å². The van der Waals surface area contributed by atoms with Crippen LogP contribution in [0.4, 0.5) is 9.18 Å². The third-order valence-corrected chi connectivity index (χ3v) is 3.67. The van der Waals surface area contributed by atoms with E-state index in [0.29, 0.717) is 18.4 Å². The number of carbonyl (C=O) groups is 1. The normalized spacial score (nSPS) is 23.4. The van der Waals surface area contributed by atoms with E-state index in [9.17, 15) is 19.4 Å². The molecule has 1 aliphatic heterocycles. The minimum atomic E-state index is -1.07. The molecular weight excluding hydrogens is 251 g/mol.